The summed E-state index contributed by atoms with van der Waals surface area (Å²) < 4.78 is 10.8. The second-order valence-corrected chi connectivity index (χ2v) is 3.55. The summed E-state index contributed by atoms with van der Waals surface area (Å²) in [6.07, 6.45) is 4.30. The maximum Gasteiger partial charge on any atom is 0.206 e. The minimum absolute atomic E-state index is 0.458. The zero-order valence-electron chi connectivity index (χ0n) is 8.64. The van der Waals surface area contributed by atoms with Crippen molar-refractivity contribution in [3.63, 3.8) is 0 Å². The van der Waals surface area contributed by atoms with Gasteiger partial charge < -0.3 is 9.26 Å². The predicted octanol–water partition coefficient (Wildman–Crippen LogP) is 2.65. The number of ether oxygens (including phenoxy) is 1. The number of aromatic nitrogens is 1. The summed E-state index contributed by atoms with van der Waals surface area (Å²) >= 11 is 0. The van der Waals surface area contributed by atoms with Crippen molar-refractivity contribution < 1.29 is 9.26 Å². The molecule has 0 aliphatic carbocycles. The van der Waals surface area contributed by atoms with E-state index in [-0.39, 0.29) is 0 Å². The van der Waals surface area contributed by atoms with Gasteiger partial charge in [-0.25, -0.2) is 4.99 Å². The molecule has 0 amide bonds. The van der Waals surface area contributed by atoms with Gasteiger partial charge in [-0.2, -0.15) is 0 Å². The first-order valence-electron chi connectivity index (χ1n) is 5.07. The van der Waals surface area contributed by atoms with Crippen LogP contribution in [0.4, 0.5) is 5.82 Å². The Hall–Kier alpha value is -2.10. The molecular formula is C12H10N2O2. The Kier molecular flexibility index (Phi) is 1.99. The maximum atomic E-state index is 5.67. The van der Waals surface area contributed by atoms with Gasteiger partial charge in [-0.05, 0) is 18.1 Å². The van der Waals surface area contributed by atoms with E-state index in [1.165, 1.54) is 0 Å². The summed E-state index contributed by atoms with van der Waals surface area (Å²) in [6, 6.07) is 3.86. The topological polar surface area (TPSA) is 47.6 Å². The molecule has 1 aliphatic rings. The highest BCUT2D eigenvalue weighted by Crippen LogP contribution is 2.37. The highest BCUT2D eigenvalue weighted by Gasteiger charge is 2.18. The van der Waals surface area contributed by atoms with Crippen LogP contribution in [0.3, 0.4) is 0 Å². The Morgan fingerprint density at radius 2 is 2.38 bits per heavy atom. The number of nitrogens with zero attached hydrogens (tertiary/aromatic N) is 2. The summed E-state index contributed by atoms with van der Waals surface area (Å²) in [5.74, 6) is 1.40. The molecule has 4 nitrogen and oxygen atoms in total. The van der Waals surface area contributed by atoms with Crippen LogP contribution >= 0.6 is 0 Å². The summed E-state index contributed by atoms with van der Waals surface area (Å²) in [5, 5.41) is 4.76. The van der Waals surface area contributed by atoms with E-state index in [0.717, 1.165) is 23.1 Å². The second kappa shape index (κ2) is 3.48. The fourth-order valence-corrected chi connectivity index (χ4v) is 1.85. The van der Waals surface area contributed by atoms with Gasteiger partial charge in [0.05, 0.1) is 0 Å². The van der Waals surface area contributed by atoms with Crippen LogP contribution < -0.4 is 4.74 Å². The molecule has 0 fully saturated rings. The van der Waals surface area contributed by atoms with Crippen LogP contribution in [-0.4, -0.2) is 18.0 Å². The normalized spacial score (nSPS) is 13.5. The van der Waals surface area contributed by atoms with Gasteiger partial charge in [-0.15, -0.1) is 6.58 Å². The van der Waals surface area contributed by atoms with Crippen LogP contribution in [0.15, 0.2) is 34.3 Å². The van der Waals surface area contributed by atoms with Gasteiger partial charge in [0.1, 0.15) is 17.7 Å². The van der Waals surface area contributed by atoms with Crippen LogP contribution in [0, 0.1) is 0 Å². The fourth-order valence-electron chi connectivity index (χ4n) is 1.85. The Morgan fingerprint density at radius 3 is 3.25 bits per heavy atom. The minimum Gasteiger partial charge on any atom is -0.487 e. The standard InChI is InChI=1S/C12H10N2O2/c1-2-3-8-4-5-9-10-11(8)15-7-6-13-12(10)14-16-9/h2,4-6H,1,3,7H2. The number of benzene rings is 1. The molecule has 0 saturated carbocycles. The third-order valence-corrected chi connectivity index (χ3v) is 2.54. The molecule has 3 rings (SSSR count). The smallest absolute Gasteiger partial charge is 0.206 e. The third kappa shape index (κ3) is 1.23. The van der Waals surface area contributed by atoms with Gasteiger partial charge in [-0.1, -0.05) is 17.3 Å². The number of hydrogen-bond acceptors (Lipinski definition) is 4. The molecule has 1 aromatic carbocycles. The molecule has 0 unspecified atom stereocenters. The SMILES string of the molecule is C=CCc1ccc2onc3c2c1OCC=N3. The highest BCUT2D eigenvalue weighted by atomic mass is 16.5. The molecule has 2 aromatic rings. The van der Waals surface area contributed by atoms with E-state index < -0.39 is 0 Å². The minimum atomic E-state index is 0.458. The van der Waals surface area contributed by atoms with Gasteiger partial charge in [0, 0.05) is 6.21 Å². The van der Waals surface area contributed by atoms with Crippen molar-refractivity contribution in [3.05, 3.63) is 30.4 Å². The van der Waals surface area contributed by atoms with Gasteiger partial charge in [0.25, 0.3) is 0 Å². The Labute approximate surface area is 92.2 Å². The van der Waals surface area contributed by atoms with E-state index in [1.54, 1.807) is 6.21 Å². The molecule has 1 aromatic heterocycles. The predicted molar refractivity (Wildman–Crippen MR) is 61.6 cm³/mol. The van der Waals surface area contributed by atoms with Gasteiger partial charge in [0.2, 0.25) is 5.82 Å². The lowest BCUT2D eigenvalue weighted by atomic mass is 10.1. The van der Waals surface area contributed by atoms with Gasteiger partial charge in [-0.3, -0.25) is 0 Å². The summed E-state index contributed by atoms with van der Waals surface area (Å²) in [5.41, 5.74) is 1.79. The zero-order chi connectivity index (χ0) is 11.0. The number of hydrogen-bond donors (Lipinski definition) is 0. The third-order valence-electron chi connectivity index (χ3n) is 2.54. The van der Waals surface area contributed by atoms with E-state index in [2.05, 4.69) is 16.7 Å². The maximum absolute atomic E-state index is 5.67. The first-order chi connectivity index (χ1) is 7.90. The van der Waals surface area contributed by atoms with Crippen molar-refractivity contribution >= 4 is 23.0 Å². The Morgan fingerprint density at radius 1 is 1.44 bits per heavy atom. The first kappa shape index (κ1) is 9.15. The molecule has 0 radical (unpaired) electrons. The molecule has 0 N–H and O–H groups in total. The number of aliphatic imine (C=N–C) groups is 1. The van der Waals surface area contributed by atoms with E-state index in [0.29, 0.717) is 18.0 Å². The van der Waals surface area contributed by atoms with Crippen LogP contribution in [0.5, 0.6) is 5.75 Å². The highest BCUT2D eigenvalue weighted by molar-refractivity contribution is 5.95. The van der Waals surface area contributed by atoms with Crippen LogP contribution in [0.25, 0.3) is 11.0 Å². The molecule has 0 atom stereocenters. The average molecular weight is 214 g/mol. The molecule has 0 bridgehead atoms. The molecule has 16 heavy (non-hydrogen) atoms. The van der Waals surface area contributed by atoms with E-state index >= 15 is 0 Å². The Balaban J connectivity index is 2.33. The molecule has 4 heteroatoms. The lowest BCUT2D eigenvalue weighted by Crippen LogP contribution is -1.99. The molecule has 0 spiro atoms. The van der Waals surface area contributed by atoms with Crippen LogP contribution in [0.1, 0.15) is 5.56 Å². The first-order valence-corrected chi connectivity index (χ1v) is 5.07. The summed E-state index contributed by atoms with van der Waals surface area (Å²) in [4.78, 5) is 4.19. The Bertz CT molecular complexity index is 584. The van der Waals surface area contributed by atoms with Crippen molar-refractivity contribution in [3.8, 4) is 5.75 Å². The fraction of sp³-hybridized carbons (Fsp3) is 0.167. The van der Waals surface area contributed by atoms with Crippen molar-refractivity contribution in [1.29, 1.82) is 0 Å². The lowest BCUT2D eigenvalue weighted by Gasteiger charge is -2.07. The quantitative estimate of drug-likeness (QED) is 0.722. The molecular weight excluding hydrogens is 204 g/mol. The van der Waals surface area contributed by atoms with Crippen molar-refractivity contribution in [2.75, 3.05) is 6.61 Å². The van der Waals surface area contributed by atoms with E-state index in [4.69, 9.17) is 9.26 Å². The van der Waals surface area contributed by atoms with Gasteiger partial charge >= 0.3 is 0 Å². The molecule has 80 valence electrons. The summed E-state index contributed by atoms with van der Waals surface area (Å²) in [6.45, 7) is 4.20. The zero-order valence-corrected chi connectivity index (χ0v) is 8.64. The largest absolute Gasteiger partial charge is 0.487 e. The second-order valence-electron chi connectivity index (χ2n) is 3.55. The number of rotatable bonds is 2. The monoisotopic (exact) mass is 214 g/mol. The van der Waals surface area contributed by atoms with Crippen LogP contribution in [-0.2, 0) is 6.42 Å². The number of allylic oxidation sites excluding steroid dienone is 1. The van der Waals surface area contributed by atoms with Crippen molar-refractivity contribution in [1.82, 2.24) is 5.16 Å². The lowest BCUT2D eigenvalue weighted by molar-refractivity contribution is 0.382. The molecule has 0 saturated heterocycles. The van der Waals surface area contributed by atoms with Gasteiger partial charge in [0.15, 0.2) is 5.58 Å². The average Bonchev–Trinajstić information content (AvgIpc) is 2.57. The van der Waals surface area contributed by atoms with Crippen LogP contribution in [0.2, 0.25) is 0 Å². The van der Waals surface area contributed by atoms with Crippen molar-refractivity contribution in [2.24, 2.45) is 4.99 Å². The molecule has 1 aliphatic heterocycles. The van der Waals surface area contributed by atoms with Crippen molar-refractivity contribution in [2.45, 2.75) is 6.42 Å². The summed E-state index contributed by atoms with van der Waals surface area (Å²) in [7, 11) is 0. The van der Waals surface area contributed by atoms with E-state index in [1.807, 2.05) is 18.2 Å². The van der Waals surface area contributed by atoms with E-state index in [9.17, 15) is 0 Å². The molecule has 2 heterocycles.